The lowest BCUT2D eigenvalue weighted by Crippen LogP contribution is -2.30. The van der Waals surface area contributed by atoms with Crippen LogP contribution in [0.3, 0.4) is 0 Å². The molecule has 4 nitrogen and oxygen atoms in total. The van der Waals surface area contributed by atoms with Gasteiger partial charge in [-0.25, -0.2) is 0 Å². The maximum absolute atomic E-state index is 12.7. The zero-order valence-corrected chi connectivity index (χ0v) is 14.2. The third-order valence-electron chi connectivity index (χ3n) is 3.27. The van der Waals surface area contributed by atoms with Crippen molar-refractivity contribution in [1.82, 2.24) is 5.32 Å². The van der Waals surface area contributed by atoms with Gasteiger partial charge < -0.3 is 10.1 Å². The third-order valence-corrected chi connectivity index (χ3v) is 4.47. The second-order valence-corrected chi connectivity index (χ2v) is 6.06. The highest BCUT2D eigenvalue weighted by Gasteiger charge is 2.33. The van der Waals surface area contributed by atoms with Crippen LogP contribution in [0.15, 0.2) is 53.4 Å². The summed E-state index contributed by atoms with van der Waals surface area (Å²) >= 11 is 1.25. The van der Waals surface area contributed by atoms with Crippen LogP contribution in [0.4, 0.5) is 13.2 Å². The summed E-state index contributed by atoms with van der Waals surface area (Å²) in [4.78, 5) is 4.28. The van der Waals surface area contributed by atoms with E-state index in [1.165, 1.54) is 23.9 Å². The summed E-state index contributed by atoms with van der Waals surface area (Å²) in [6.45, 7) is 6.08. The molecule has 0 amide bonds. The fourth-order valence-corrected chi connectivity index (χ4v) is 3.25. The van der Waals surface area contributed by atoms with E-state index in [1.54, 1.807) is 13.0 Å². The predicted octanol–water partition coefficient (Wildman–Crippen LogP) is 4.40. The van der Waals surface area contributed by atoms with Crippen LogP contribution in [0, 0.1) is 11.3 Å². The number of nitriles is 1. The summed E-state index contributed by atoms with van der Waals surface area (Å²) in [5.41, 5.74) is 0.145. The first-order valence-corrected chi connectivity index (χ1v) is 8.31. The zero-order chi connectivity index (χ0) is 18.4. The minimum atomic E-state index is -4.40. The molecule has 0 radical (unpaired) electrons. The number of alkyl halides is 3. The predicted molar refractivity (Wildman–Crippen MR) is 91.7 cm³/mol. The van der Waals surface area contributed by atoms with Crippen LogP contribution in [0.2, 0.25) is 0 Å². The molecule has 2 rings (SSSR count). The largest absolute Gasteiger partial charge is 0.478 e. The fraction of sp³-hybridized carbons (Fsp3) is 0.294. The zero-order valence-electron chi connectivity index (χ0n) is 13.4. The van der Waals surface area contributed by atoms with E-state index in [4.69, 9.17) is 4.74 Å². The quantitative estimate of drug-likeness (QED) is 0.784. The SMILES string of the molecule is C=CCN=C1NC(OCC)=C(C#N)C(c2ccc(C(F)(F)F)cc2)S1. The summed E-state index contributed by atoms with van der Waals surface area (Å²) in [7, 11) is 0. The summed E-state index contributed by atoms with van der Waals surface area (Å²) in [5.74, 6) is 0.275. The second-order valence-electron chi connectivity index (χ2n) is 4.96. The molecule has 0 saturated carbocycles. The van der Waals surface area contributed by atoms with Crippen LogP contribution in [0.5, 0.6) is 0 Å². The molecule has 1 atom stereocenters. The third kappa shape index (κ3) is 4.57. The van der Waals surface area contributed by atoms with Crippen molar-refractivity contribution in [3.05, 3.63) is 59.5 Å². The summed E-state index contributed by atoms with van der Waals surface area (Å²) in [6.07, 6.45) is -2.78. The van der Waals surface area contributed by atoms with Crippen LogP contribution in [0.1, 0.15) is 23.3 Å². The topological polar surface area (TPSA) is 57.4 Å². The molecule has 0 bridgehead atoms. The first kappa shape index (κ1) is 18.9. The number of benzene rings is 1. The molecule has 0 fully saturated rings. The van der Waals surface area contributed by atoms with Gasteiger partial charge in [-0.1, -0.05) is 30.0 Å². The average Bonchev–Trinajstić information content (AvgIpc) is 2.59. The van der Waals surface area contributed by atoms with Crippen molar-refractivity contribution in [1.29, 1.82) is 5.26 Å². The highest BCUT2D eigenvalue weighted by Crippen LogP contribution is 2.41. The molecule has 0 saturated heterocycles. The second kappa shape index (κ2) is 8.12. The lowest BCUT2D eigenvalue weighted by molar-refractivity contribution is -0.137. The Kier molecular flexibility index (Phi) is 6.15. The molecule has 1 aliphatic rings. The molecule has 0 aliphatic carbocycles. The molecule has 0 aromatic heterocycles. The molecular formula is C17H16F3N3OS. The van der Waals surface area contributed by atoms with E-state index in [0.717, 1.165) is 12.1 Å². The van der Waals surface area contributed by atoms with Gasteiger partial charge in [-0.15, -0.1) is 6.58 Å². The van der Waals surface area contributed by atoms with Crippen LogP contribution in [0.25, 0.3) is 0 Å². The highest BCUT2D eigenvalue weighted by molar-refractivity contribution is 8.14. The van der Waals surface area contributed by atoms with E-state index in [-0.39, 0.29) is 5.88 Å². The molecule has 1 aromatic carbocycles. The van der Waals surface area contributed by atoms with Crippen molar-refractivity contribution < 1.29 is 17.9 Å². The van der Waals surface area contributed by atoms with Gasteiger partial charge in [0.25, 0.3) is 0 Å². The van der Waals surface area contributed by atoms with Crippen molar-refractivity contribution in [3.8, 4) is 6.07 Å². The van der Waals surface area contributed by atoms with E-state index in [9.17, 15) is 18.4 Å². The molecule has 1 unspecified atom stereocenters. The van der Waals surface area contributed by atoms with Crippen LogP contribution in [-0.4, -0.2) is 18.3 Å². The van der Waals surface area contributed by atoms with Gasteiger partial charge in [0, 0.05) is 0 Å². The smallest absolute Gasteiger partial charge is 0.416 e. The molecule has 25 heavy (non-hydrogen) atoms. The first-order chi connectivity index (χ1) is 11.9. The monoisotopic (exact) mass is 367 g/mol. The Bertz CT molecular complexity index is 733. The molecule has 1 N–H and O–H groups in total. The number of rotatable bonds is 5. The number of hydrogen-bond acceptors (Lipinski definition) is 4. The van der Waals surface area contributed by atoms with Gasteiger partial charge in [0.2, 0.25) is 5.88 Å². The Hall–Kier alpha value is -2.40. The van der Waals surface area contributed by atoms with Gasteiger partial charge >= 0.3 is 6.18 Å². The molecule has 0 spiro atoms. The average molecular weight is 367 g/mol. The van der Waals surface area contributed by atoms with Crippen molar-refractivity contribution >= 4 is 16.9 Å². The fourth-order valence-electron chi connectivity index (χ4n) is 2.16. The van der Waals surface area contributed by atoms with E-state index in [2.05, 4.69) is 23.0 Å². The van der Waals surface area contributed by atoms with E-state index >= 15 is 0 Å². The Morgan fingerprint density at radius 2 is 2.08 bits per heavy atom. The Labute approximate surface area is 148 Å². The Morgan fingerprint density at radius 3 is 2.60 bits per heavy atom. The summed E-state index contributed by atoms with van der Waals surface area (Å²) in [5, 5.41) is 12.5. The first-order valence-electron chi connectivity index (χ1n) is 7.44. The number of hydrogen-bond donors (Lipinski definition) is 1. The Balaban J connectivity index is 2.42. The molecule has 8 heteroatoms. The number of nitrogens with one attached hydrogen (secondary N) is 1. The van der Waals surface area contributed by atoms with Gasteiger partial charge in [0.15, 0.2) is 5.17 Å². The van der Waals surface area contributed by atoms with Gasteiger partial charge in [0.1, 0.15) is 11.6 Å². The number of thioether (sulfide) groups is 1. The number of aliphatic imine (C=N–C) groups is 1. The van der Waals surface area contributed by atoms with Crippen molar-refractivity contribution in [2.24, 2.45) is 4.99 Å². The maximum Gasteiger partial charge on any atom is 0.416 e. The molecule has 132 valence electrons. The summed E-state index contributed by atoms with van der Waals surface area (Å²) in [6, 6.07) is 6.84. The van der Waals surface area contributed by atoms with Crippen LogP contribution < -0.4 is 5.32 Å². The molecular weight excluding hydrogens is 351 g/mol. The molecule has 1 aliphatic heterocycles. The normalized spacial score (nSPS) is 19.3. The number of ether oxygens (including phenoxy) is 1. The van der Waals surface area contributed by atoms with E-state index < -0.39 is 17.0 Å². The number of halogens is 3. The van der Waals surface area contributed by atoms with Gasteiger partial charge in [-0.3, -0.25) is 4.99 Å². The van der Waals surface area contributed by atoms with Gasteiger partial charge in [0.05, 0.1) is 24.0 Å². The highest BCUT2D eigenvalue weighted by atomic mass is 32.2. The standard InChI is InChI=1S/C17H16F3N3OS/c1-3-9-22-16-23-15(24-4-2)13(10-21)14(25-16)11-5-7-12(8-6-11)17(18,19)20/h3,5-8,14H,1,4,9H2,2H3,(H,22,23). The molecule has 1 heterocycles. The van der Waals surface area contributed by atoms with Crippen LogP contribution >= 0.6 is 11.8 Å². The van der Waals surface area contributed by atoms with Crippen LogP contribution in [-0.2, 0) is 10.9 Å². The van der Waals surface area contributed by atoms with Crippen molar-refractivity contribution in [2.75, 3.05) is 13.2 Å². The van der Waals surface area contributed by atoms with E-state index in [1.807, 2.05) is 0 Å². The Morgan fingerprint density at radius 1 is 1.40 bits per heavy atom. The minimum Gasteiger partial charge on any atom is -0.478 e. The number of amidine groups is 1. The lowest BCUT2D eigenvalue weighted by atomic mass is 10.0. The minimum absolute atomic E-state index is 0.275. The van der Waals surface area contributed by atoms with Gasteiger partial charge in [-0.05, 0) is 24.6 Å². The van der Waals surface area contributed by atoms with E-state index in [0.29, 0.717) is 29.5 Å². The maximum atomic E-state index is 12.7. The molecule has 1 aromatic rings. The van der Waals surface area contributed by atoms with Gasteiger partial charge in [-0.2, -0.15) is 18.4 Å². The summed E-state index contributed by atoms with van der Waals surface area (Å²) < 4.78 is 43.7. The van der Waals surface area contributed by atoms with Crippen molar-refractivity contribution in [2.45, 2.75) is 18.3 Å². The number of nitrogens with zero attached hydrogens (tertiary/aromatic N) is 2. The van der Waals surface area contributed by atoms with Crippen molar-refractivity contribution in [3.63, 3.8) is 0 Å². The lowest BCUT2D eigenvalue weighted by Gasteiger charge is -2.26.